The molecule has 0 bridgehead atoms. The summed E-state index contributed by atoms with van der Waals surface area (Å²) in [5.74, 6) is -4.64. The molecule has 1 N–H and O–H groups in total. The number of esters is 1. The van der Waals surface area contributed by atoms with Crippen molar-refractivity contribution in [2.24, 2.45) is 0 Å². The lowest BCUT2D eigenvalue weighted by Crippen LogP contribution is -2.35. The Labute approximate surface area is 123 Å². The summed E-state index contributed by atoms with van der Waals surface area (Å²) < 4.78 is 54.5. The van der Waals surface area contributed by atoms with E-state index in [1.807, 2.05) is 0 Å². The number of nitrogens with zero attached hydrogens (tertiary/aromatic N) is 1. The van der Waals surface area contributed by atoms with Crippen molar-refractivity contribution in [3.05, 3.63) is 11.1 Å². The highest BCUT2D eigenvalue weighted by atomic mass is 32.1. The van der Waals surface area contributed by atoms with Gasteiger partial charge in [-0.15, -0.1) is 11.3 Å². The Morgan fingerprint density at radius 3 is 2.62 bits per heavy atom. The molecule has 0 atom stereocenters. The first-order chi connectivity index (χ1) is 9.61. The summed E-state index contributed by atoms with van der Waals surface area (Å²) in [4.78, 5) is 15.8. The fraction of sp³-hybridized carbons (Fsp3) is 0.667. The maximum atomic E-state index is 12.8. The van der Waals surface area contributed by atoms with Crippen LogP contribution in [0.3, 0.4) is 0 Å². The Morgan fingerprint density at radius 2 is 2.10 bits per heavy atom. The van der Waals surface area contributed by atoms with Crippen molar-refractivity contribution >= 4 is 22.4 Å². The second-order valence-electron chi connectivity index (χ2n) is 4.80. The van der Waals surface area contributed by atoms with Gasteiger partial charge >= 0.3 is 18.3 Å². The fourth-order valence-corrected chi connectivity index (χ4v) is 2.21. The Kier molecular flexibility index (Phi) is 5.54. The van der Waals surface area contributed by atoms with E-state index in [0.29, 0.717) is 5.69 Å². The van der Waals surface area contributed by atoms with E-state index in [2.05, 4.69) is 10.3 Å². The summed E-state index contributed by atoms with van der Waals surface area (Å²) in [6, 6.07) is 0. The van der Waals surface area contributed by atoms with Gasteiger partial charge < -0.3 is 10.1 Å². The minimum atomic E-state index is -4.14. The quantitative estimate of drug-likeness (QED) is 0.616. The van der Waals surface area contributed by atoms with Gasteiger partial charge in [0.2, 0.25) is 0 Å². The minimum absolute atomic E-state index is 0.0442. The van der Waals surface area contributed by atoms with E-state index >= 15 is 0 Å². The van der Waals surface area contributed by atoms with Crippen molar-refractivity contribution in [1.82, 2.24) is 4.98 Å². The topological polar surface area (TPSA) is 51.2 Å². The normalized spacial score (nSPS) is 12.6. The zero-order chi connectivity index (χ0) is 16.3. The van der Waals surface area contributed by atoms with Crippen molar-refractivity contribution in [2.45, 2.75) is 38.5 Å². The molecule has 0 amide bonds. The highest BCUT2D eigenvalue weighted by Gasteiger charge is 2.41. The van der Waals surface area contributed by atoms with Gasteiger partial charge in [0.05, 0.1) is 18.8 Å². The summed E-state index contributed by atoms with van der Waals surface area (Å²) in [6.45, 7) is 3.80. The first-order valence-corrected chi connectivity index (χ1v) is 7.02. The molecular formula is C12H16F4N2O2S. The van der Waals surface area contributed by atoms with Crippen molar-refractivity contribution in [2.75, 3.05) is 18.5 Å². The van der Waals surface area contributed by atoms with Crippen LogP contribution in [0.1, 0.15) is 26.5 Å². The molecule has 0 saturated carbocycles. The van der Waals surface area contributed by atoms with Crippen LogP contribution in [-0.2, 0) is 14.9 Å². The molecule has 1 heterocycles. The molecule has 0 aliphatic rings. The number of hydrogen-bond acceptors (Lipinski definition) is 5. The predicted molar refractivity (Wildman–Crippen MR) is 71.2 cm³/mol. The SMILES string of the molecule is CCOC(=O)C(C)(C)c1csc(NCC(F)(F)C(F)F)n1. The molecule has 21 heavy (non-hydrogen) atoms. The van der Waals surface area contributed by atoms with E-state index in [-0.39, 0.29) is 11.7 Å². The lowest BCUT2D eigenvalue weighted by molar-refractivity contribution is -0.148. The molecule has 9 heteroatoms. The number of carbonyl (C=O) groups is 1. The highest BCUT2D eigenvalue weighted by molar-refractivity contribution is 7.13. The lowest BCUT2D eigenvalue weighted by Gasteiger charge is -2.19. The van der Waals surface area contributed by atoms with Gasteiger partial charge in [-0.25, -0.2) is 13.8 Å². The van der Waals surface area contributed by atoms with Gasteiger partial charge in [-0.1, -0.05) is 0 Å². The second kappa shape index (κ2) is 6.59. The van der Waals surface area contributed by atoms with E-state index < -0.39 is 30.3 Å². The van der Waals surface area contributed by atoms with Crippen LogP contribution in [0.4, 0.5) is 22.7 Å². The molecule has 0 aliphatic carbocycles. The minimum Gasteiger partial charge on any atom is -0.465 e. The van der Waals surface area contributed by atoms with Gasteiger partial charge in [-0.2, -0.15) is 8.78 Å². The highest BCUT2D eigenvalue weighted by Crippen LogP contribution is 2.29. The van der Waals surface area contributed by atoms with E-state index in [1.165, 1.54) is 5.38 Å². The van der Waals surface area contributed by atoms with E-state index in [0.717, 1.165) is 11.3 Å². The third kappa shape index (κ3) is 4.29. The number of anilines is 1. The Hall–Kier alpha value is -1.38. The molecule has 0 fully saturated rings. The number of halogens is 4. The van der Waals surface area contributed by atoms with Crippen LogP contribution >= 0.6 is 11.3 Å². The van der Waals surface area contributed by atoms with Crippen molar-refractivity contribution in [1.29, 1.82) is 0 Å². The van der Waals surface area contributed by atoms with E-state index in [4.69, 9.17) is 4.74 Å². The van der Waals surface area contributed by atoms with Crippen LogP contribution in [0, 0.1) is 0 Å². The lowest BCUT2D eigenvalue weighted by atomic mass is 9.90. The van der Waals surface area contributed by atoms with Gasteiger partial charge in [0.25, 0.3) is 0 Å². The molecule has 1 aromatic heterocycles. The Morgan fingerprint density at radius 1 is 1.48 bits per heavy atom. The van der Waals surface area contributed by atoms with Gasteiger partial charge in [-0.05, 0) is 20.8 Å². The molecule has 1 aromatic rings. The van der Waals surface area contributed by atoms with Crippen molar-refractivity contribution in [3.8, 4) is 0 Å². The zero-order valence-electron chi connectivity index (χ0n) is 11.8. The van der Waals surface area contributed by atoms with Crippen molar-refractivity contribution < 1.29 is 27.1 Å². The van der Waals surface area contributed by atoms with Gasteiger partial charge in [0.1, 0.15) is 5.41 Å². The van der Waals surface area contributed by atoms with E-state index in [9.17, 15) is 22.4 Å². The summed E-state index contributed by atoms with van der Waals surface area (Å²) in [5.41, 5.74) is -0.716. The number of alkyl halides is 4. The smallest absolute Gasteiger partial charge is 0.324 e. The third-order valence-corrected chi connectivity index (χ3v) is 3.52. The van der Waals surface area contributed by atoms with Crippen LogP contribution in [-0.4, -0.2) is 36.5 Å². The van der Waals surface area contributed by atoms with Crippen LogP contribution in [0.25, 0.3) is 0 Å². The largest absolute Gasteiger partial charge is 0.465 e. The predicted octanol–water partition coefficient (Wildman–Crippen LogP) is 3.30. The first-order valence-electron chi connectivity index (χ1n) is 6.14. The molecule has 4 nitrogen and oxygen atoms in total. The zero-order valence-corrected chi connectivity index (χ0v) is 12.6. The maximum absolute atomic E-state index is 12.8. The maximum Gasteiger partial charge on any atom is 0.324 e. The molecule has 0 aromatic carbocycles. The molecule has 0 aliphatic heterocycles. The van der Waals surface area contributed by atoms with Crippen LogP contribution in [0.2, 0.25) is 0 Å². The monoisotopic (exact) mass is 328 g/mol. The average Bonchev–Trinajstić information content (AvgIpc) is 2.86. The molecular weight excluding hydrogens is 312 g/mol. The second-order valence-corrected chi connectivity index (χ2v) is 5.66. The number of rotatable bonds is 7. The van der Waals surface area contributed by atoms with Crippen LogP contribution < -0.4 is 5.32 Å². The molecule has 0 spiro atoms. The summed E-state index contributed by atoms with van der Waals surface area (Å²) >= 11 is 0.956. The van der Waals surface area contributed by atoms with Crippen molar-refractivity contribution in [3.63, 3.8) is 0 Å². The number of aromatic nitrogens is 1. The standard InChI is InChI=1S/C12H16F4N2O2S/c1-4-20-9(19)11(2,3)7-5-21-10(18-7)17-6-12(15,16)8(13)14/h5,8H,4,6H2,1-3H3,(H,17,18). The fourth-order valence-electron chi connectivity index (χ4n) is 1.33. The summed E-state index contributed by atoms with van der Waals surface area (Å²) in [6.07, 6.45) is -3.75. The summed E-state index contributed by atoms with van der Waals surface area (Å²) in [5, 5.41) is 3.70. The molecule has 120 valence electrons. The average molecular weight is 328 g/mol. The van der Waals surface area contributed by atoms with Gasteiger partial charge in [-0.3, -0.25) is 4.79 Å². The van der Waals surface area contributed by atoms with E-state index in [1.54, 1.807) is 20.8 Å². The van der Waals surface area contributed by atoms with Gasteiger partial charge in [0.15, 0.2) is 5.13 Å². The van der Waals surface area contributed by atoms with Crippen LogP contribution in [0.15, 0.2) is 5.38 Å². The molecule has 0 saturated heterocycles. The summed E-state index contributed by atoms with van der Waals surface area (Å²) in [7, 11) is 0. The molecule has 0 unspecified atom stereocenters. The van der Waals surface area contributed by atoms with Gasteiger partial charge in [0, 0.05) is 5.38 Å². The number of carbonyl (C=O) groups excluding carboxylic acids is 1. The van der Waals surface area contributed by atoms with Crippen LogP contribution in [0.5, 0.6) is 0 Å². The number of ether oxygens (including phenoxy) is 1. The number of hydrogen-bond donors (Lipinski definition) is 1. The Bertz CT molecular complexity index is 491. The Balaban J connectivity index is 2.75. The first kappa shape index (κ1) is 17.7. The molecule has 0 radical (unpaired) electrons. The number of thiazole rings is 1. The third-order valence-electron chi connectivity index (χ3n) is 2.72. The molecule has 1 rings (SSSR count). The number of nitrogens with one attached hydrogen (secondary N) is 1.